The number of aromatic nitrogens is 2. The van der Waals surface area contributed by atoms with Gasteiger partial charge in [-0.1, -0.05) is 43.3 Å². The molecule has 0 aliphatic carbocycles. The number of carboxylic acids is 1. The van der Waals surface area contributed by atoms with Crippen molar-refractivity contribution in [3.8, 4) is 11.5 Å². The molecule has 1 radical (unpaired) electrons. The number of nitrogens with zero attached hydrogens (tertiary/aromatic N) is 2. The van der Waals surface area contributed by atoms with Crippen molar-refractivity contribution in [3.05, 3.63) is 143 Å². The largest absolute Gasteiger partial charge is 0.487 e. The molecule has 6 nitrogen and oxygen atoms in total. The Morgan fingerprint density at radius 1 is 0.674 bits per heavy atom. The van der Waals surface area contributed by atoms with Crippen molar-refractivity contribution in [1.29, 1.82) is 0 Å². The maximum absolute atomic E-state index is 13.5. The second-order valence-corrected chi connectivity index (χ2v) is 11.1. The predicted molar refractivity (Wildman–Crippen MR) is 174 cm³/mol. The molecule has 2 aromatic heterocycles. The summed E-state index contributed by atoms with van der Waals surface area (Å²) in [6.45, 7) is 2.53. The number of benzene rings is 4. The molecular weight excluding hydrogens is 597 g/mol. The number of rotatable bonds is 11. The molecule has 0 bridgehead atoms. The Morgan fingerprint density at radius 2 is 1.11 bits per heavy atom. The topological polar surface area (TPSA) is 81.5 Å². The van der Waals surface area contributed by atoms with Gasteiger partial charge in [0, 0.05) is 52.2 Å². The zero-order chi connectivity index (χ0) is 31.4. The monoisotopic (exact) mass is 627 g/mol. The molecule has 0 atom stereocenters. The van der Waals surface area contributed by atoms with Gasteiger partial charge in [-0.15, -0.1) is 0 Å². The fraction of sp³-hybridized carbons (Fsp3) is 0.162. The van der Waals surface area contributed by atoms with Crippen LogP contribution in [0.3, 0.4) is 0 Å². The van der Waals surface area contributed by atoms with Gasteiger partial charge in [-0.3, -0.25) is 4.79 Å². The van der Waals surface area contributed by atoms with Crippen LogP contribution in [-0.4, -0.2) is 50.6 Å². The number of carbonyl (C=O) groups is 1. The van der Waals surface area contributed by atoms with Gasteiger partial charge in [0.05, 0.1) is 22.4 Å². The first-order valence-electron chi connectivity index (χ1n) is 14.5. The molecule has 0 spiro atoms. The van der Waals surface area contributed by atoms with Crippen molar-refractivity contribution in [2.75, 3.05) is 0 Å². The van der Waals surface area contributed by atoms with E-state index in [2.05, 4.69) is 9.97 Å². The second-order valence-electron chi connectivity index (χ2n) is 11.1. The minimum absolute atomic E-state index is 0. The average Bonchev–Trinajstić information content (AvgIpc) is 3.05. The summed E-state index contributed by atoms with van der Waals surface area (Å²) in [6.07, 6.45) is 0.397. The van der Waals surface area contributed by atoms with Crippen molar-refractivity contribution in [3.63, 3.8) is 0 Å². The Labute approximate surface area is 287 Å². The summed E-state index contributed by atoms with van der Waals surface area (Å²) in [4.78, 5) is 20.7. The first-order chi connectivity index (χ1) is 21.7. The van der Waals surface area contributed by atoms with Gasteiger partial charge in [0.2, 0.25) is 0 Å². The van der Waals surface area contributed by atoms with Crippen molar-refractivity contribution in [2.45, 2.75) is 38.4 Å². The van der Waals surface area contributed by atoms with Crippen molar-refractivity contribution < 1.29 is 28.2 Å². The third kappa shape index (κ3) is 7.70. The second kappa shape index (κ2) is 14.4. The van der Waals surface area contributed by atoms with E-state index in [1.165, 1.54) is 24.3 Å². The molecule has 0 saturated heterocycles. The van der Waals surface area contributed by atoms with Gasteiger partial charge in [-0.2, -0.15) is 0 Å². The van der Waals surface area contributed by atoms with Gasteiger partial charge >= 0.3 is 5.97 Å². The van der Waals surface area contributed by atoms with E-state index in [4.69, 9.17) is 9.47 Å². The number of pyridine rings is 2. The Bertz CT molecular complexity index is 1850. The third-order valence-corrected chi connectivity index (χ3v) is 8.01. The van der Waals surface area contributed by atoms with Crippen LogP contribution in [0.15, 0.2) is 109 Å². The van der Waals surface area contributed by atoms with Crippen molar-refractivity contribution in [1.82, 2.24) is 9.97 Å². The number of hydrogen-bond acceptors (Lipinski definition) is 5. The van der Waals surface area contributed by atoms with E-state index in [-0.39, 0.29) is 60.8 Å². The summed E-state index contributed by atoms with van der Waals surface area (Å²) >= 11 is 0. The van der Waals surface area contributed by atoms with Gasteiger partial charge in [0.25, 0.3) is 0 Å². The van der Waals surface area contributed by atoms with Crippen LogP contribution in [0.5, 0.6) is 11.5 Å². The van der Waals surface area contributed by atoms with Crippen LogP contribution in [0.25, 0.3) is 21.8 Å². The molecule has 0 fully saturated rings. The fourth-order valence-corrected chi connectivity index (χ4v) is 5.40. The van der Waals surface area contributed by atoms with Gasteiger partial charge in [-0.05, 0) is 90.3 Å². The van der Waals surface area contributed by atoms with Crippen LogP contribution in [-0.2, 0) is 23.4 Å². The summed E-state index contributed by atoms with van der Waals surface area (Å²) in [6, 6.07) is 31.5. The summed E-state index contributed by atoms with van der Waals surface area (Å²) < 4.78 is 38.9. The SMILES string of the molecule is CC(CCC(=O)O)(c1ccc(OCc2ccc3cc(F)ccc3n2)cc1)c1ccc(OCc2ccc3cc(F)ccc3n2)cc1.[Na]. The molecule has 9 heteroatoms. The summed E-state index contributed by atoms with van der Waals surface area (Å²) in [5.41, 5.74) is 4.15. The van der Waals surface area contributed by atoms with Gasteiger partial charge in [-0.25, -0.2) is 18.7 Å². The molecular formula is C37H30F2N2NaO4. The molecule has 1 N–H and O–H groups in total. The Kier molecular flexibility index (Phi) is 10.3. The molecule has 0 aliphatic rings. The smallest absolute Gasteiger partial charge is 0.303 e. The van der Waals surface area contributed by atoms with Gasteiger partial charge in [0.15, 0.2) is 0 Å². The zero-order valence-electron chi connectivity index (χ0n) is 25.5. The van der Waals surface area contributed by atoms with Crippen LogP contribution in [0.4, 0.5) is 8.78 Å². The summed E-state index contributed by atoms with van der Waals surface area (Å²) in [5, 5.41) is 10.9. The maximum Gasteiger partial charge on any atom is 0.303 e. The molecule has 4 aromatic carbocycles. The van der Waals surface area contributed by atoms with E-state index in [0.717, 1.165) is 33.3 Å². The number of halogens is 2. The number of ether oxygens (including phenoxy) is 2. The van der Waals surface area contributed by atoms with E-state index in [9.17, 15) is 18.7 Å². The Hall–Kier alpha value is -4.37. The first-order valence-corrected chi connectivity index (χ1v) is 14.5. The zero-order valence-corrected chi connectivity index (χ0v) is 27.5. The van der Waals surface area contributed by atoms with Crippen LogP contribution in [0.1, 0.15) is 42.3 Å². The third-order valence-electron chi connectivity index (χ3n) is 8.01. The van der Waals surface area contributed by atoms with Crippen LogP contribution in [0.2, 0.25) is 0 Å². The van der Waals surface area contributed by atoms with Crippen LogP contribution >= 0.6 is 0 Å². The molecule has 6 aromatic rings. The molecule has 6 rings (SSSR count). The molecule has 227 valence electrons. The quantitative estimate of drug-likeness (QED) is 0.147. The van der Waals surface area contributed by atoms with Crippen LogP contribution in [0, 0.1) is 11.6 Å². The summed E-state index contributed by atoms with van der Waals surface area (Å²) in [5.74, 6) is -0.170. The van der Waals surface area contributed by atoms with Gasteiger partial charge < -0.3 is 14.6 Å². The minimum Gasteiger partial charge on any atom is -0.487 e. The molecule has 0 amide bonds. The van der Waals surface area contributed by atoms with Gasteiger partial charge in [0.1, 0.15) is 36.3 Å². The molecule has 46 heavy (non-hydrogen) atoms. The standard InChI is InChI=1S/C37H30F2N2O4.Na/c1-37(19-18-36(42)43,26-4-12-32(13-5-26)44-22-30-10-2-24-20-28(38)8-16-34(24)40-30)27-6-14-33(15-7-27)45-23-31-11-3-25-21-29(39)9-17-35(25)41-31;/h2-17,20-21H,18-19,22-23H2,1H3,(H,42,43);. The normalized spacial score (nSPS) is 11.3. The average molecular weight is 628 g/mol. The number of aliphatic carboxylic acids is 1. The van der Waals surface area contributed by atoms with E-state index in [1.54, 1.807) is 12.1 Å². The first kappa shape index (κ1) is 33.0. The Balaban J connectivity index is 0.00000417. The summed E-state index contributed by atoms with van der Waals surface area (Å²) in [7, 11) is 0. The molecule has 0 unspecified atom stereocenters. The molecule has 0 aliphatic heterocycles. The maximum atomic E-state index is 13.5. The fourth-order valence-electron chi connectivity index (χ4n) is 5.40. The van der Waals surface area contributed by atoms with E-state index in [1.807, 2.05) is 79.7 Å². The molecule has 0 saturated carbocycles. The van der Waals surface area contributed by atoms with E-state index >= 15 is 0 Å². The van der Waals surface area contributed by atoms with Crippen molar-refractivity contribution in [2.24, 2.45) is 0 Å². The predicted octanol–water partition coefficient (Wildman–Crippen LogP) is 8.01. The number of carboxylic acid groups (broad SMARTS) is 1. The minimum atomic E-state index is -0.864. The van der Waals surface area contributed by atoms with E-state index < -0.39 is 11.4 Å². The molecule has 2 heterocycles. The Morgan fingerprint density at radius 3 is 1.52 bits per heavy atom. The number of fused-ring (bicyclic) bond motifs is 2. The number of hydrogen-bond donors (Lipinski definition) is 1. The van der Waals surface area contributed by atoms with Crippen LogP contribution < -0.4 is 9.47 Å². The van der Waals surface area contributed by atoms with E-state index in [0.29, 0.717) is 29.0 Å². The van der Waals surface area contributed by atoms with Crippen molar-refractivity contribution >= 4 is 57.3 Å².